The van der Waals surface area contributed by atoms with Crippen molar-refractivity contribution < 1.29 is 36.7 Å². The Morgan fingerprint density at radius 2 is 1.75 bits per heavy atom. The highest BCUT2D eigenvalue weighted by Crippen LogP contribution is 2.50. The minimum Gasteiger partial charge on any atom is -0.508 e. The van der Waals surface area contributed by atoms with Crippen molar-refractivity contribution in [1.29, 1.82) is 0 Å². The van der Waals surface area contributed by atoms with E-state index in [0.29, 0.717) is 30.0 Å². The average molecular weight is 420 g/mol. The molecule has 0 aromatic heterocycles. The third kappa shape index (κ3) is 3.20. The summed E-state index contributed by atoms with van der Waals surface area (Å²) in [7, 11) is -6.11. The summed E-state index contributed by atoms with van der Waals surface area (Å²) < 4.78 is 66.5. The summed E-state index contributed by atoms with van der Waals surface area (Å²) in [5.41, 5.74) is 0.454. The van der Waals surface area contributed by atoms with Gasteiger partial charge in [0.1, 0.15) is 12.3 Å². The van der Waals surface area contributed by atoms with Crippen LogP contribution in [0.3, 0.4) is 0 Å². The van der Waals surface area contributed by atoms with Crippen LogP contribution in [0.5, 0.6) is 5.75 Å². The Hall–Kier alpha value is -1.34. The molecule has 12 heteroatoms. The van der Waals surface area contributed by atoms with Gasteiger partial charge >= 0.3 is 13.3 Å². The van der Waals surface area contributed by atoms with Crippen LogP contribution in [0.4, 0.5) is 13.2 Å². The van der Waals surface area contributed by atoms with Crippen molar-refractivity contribution in [3.63, 3.8) is 0 Å². The summed E-state index contributed by atoms with van der Waals surface area (Å²) in [6.07, 6.45) is -2.54. The van der Waals surface area contributed by atoms with Crippen LogP contribution >= 0.6 is 0 Å². The maximum absolute atomic E-state index is 12.9. The van der Waals surface area contributed by atoms with Gasteiger partial charge in [-0.1, -0.05) is 6.07 Å². The molecule has 0 amide bonds. The number of hydrogen-bond acceptors (Lipinski definition) is 5. The third-order valence-corrected chi connectivity index (χ3v) is 7.91. The largest absolute Gasteiger partial charge is 0.508 e. The van der Waals surface area contributed by atoms with Crippen LogP contribution in [0.15, 0.2) is 12.1 Å². The van der Waals surface area contributed by atoms with Gasteiger partial charge in [-0.05, 0) is 54.7 Å². The zero-order valence-corrected chi connectivity index (χ0v) is 15.6. The van der Waals surface area contributed by atoms with Gasteiger partial charge in [-0.15, -0.1) is 0 Å². The molecule has 4 N–H and O–H groups in total. The van der Waals surface area contributed by atoms with Crippen LogP contribution in [-0.2, 0) is 23.1 Å². The van der Waals surface area contributed by atoms with E-state index in [4.69, 9.17) is 0 Å². The van der Waals surface area contributed by atoms with Crippen LogP contribution in [-0.4, -0.2) is 59.8 Å². The van der Waals surface area contributed by atoms with Gasteiger partial charge in [0.25, 0.3) is 10.2 Å². The molecule has 7 nitrogen and oxygen atoms in total. The van der Waals surface area contributed by atoms with Gasteiger partial charge in [-0.2, -0.15) is 30.6 Å². The number of alkyl halides is 3. The van der Waals surface area contributed by atoms with Gasteiger partial charge in [0.15, 0.2) is 0 Å². The van der Waals surface area contributed by atoms with Gasteiger partial charge in [0, 0.05) is 12.0 Å². The van der Waals surface area contributed by atoms with E-state index in [9.17, 15) is 36.7 Å². The Labute approximate surface area is 160 Å². The zero-order chi connectivity index (χ0) is 20.5. The lowest BCUT2D eigenvalue weighted by molar-refractivity contribution is -0.136. The highest BCUT2D eigenvalue weighted by atomic mass is 32.2. The lowest BCUT2D eigenvalue weighted by atomic mass is 9.76. The lowest BCUT2D eigenvalue weighted by Crippen LogP contribution is -2.52. The first-order valence-corrected chi connectivity index (χ1v) is 10.4. The van der Waals surface area contributed by atoms with E-state index in [2.05, 4.69) is 4.72 Å². The highest BCUT2D eigenvalue weighted by Gasteiger charge is 2.60. The van der Waals surface area contributed by atoms with Crippen LogP contribution < -0.4 is 10.2 Å². The number of fused-ring (bicyclic) bond motifs is 1. The predicted molar refractivity (Wildman–Crippen MR) is 94.0 cm³/mol. The Morgan fingerprint density at radius 3 is 2.29 bits per heavy atom. The second kappa shape index (κ2) is 6.33. The number of nitrogens with one attached hydrogen (secondary N) is 1. The molecule has 1 heterocycles. The summed E-state index contributed by atoms with van der Waals surface area (Å²) >= 11 is 0. The molecular formula is C16H20BF3N2O5S. The standard InChI is InChI=1S/C16H20BF3N2O5S/c18-16(19,20)8-22-7-15(21-28(22,26)27)11-1-2-12(15)4-10-6-14(23)13(17(24)25)5-9(10)3-11/h5-6,11-12,21,23-25H,1-4,7-8H2/t11-,12+,15+/m1/s1. The van der Waals surface area contributed by atoms with Crippen molar-refractivity contribution in [2.24, 2.45) is 11.8 Å². The van der Waals surface area contributed by atoms with Crippen molar-refractivity contribution in [3.8, 4) is 5.75 Å². The molecule has 1 aliphatic heterocycles. The SMILES string of the molecule is O=S1(=O)N[C@@]2(CN1CC(F)(F)F)[C@@H]1CC[C@H]2Cc2cc(O)c(B(O)O)cc2C1. The molecule has 1 saturated heterocycles. The summed E-state index contributed by atoms with van der Waals surface area (Å²) in [5, 5.41) is 28.9. The first-order chi connectivity index (χ1) is 12.9. The van der Waals surface area contributed by atoms with Crippen molar-refractivity contribution in [3.05, 3.63) is 23.3 Å². The lowest BCUT2D eigenvalue weighted by Gasteiger charge is -2.33. The maximum atomic E-state index is 12.9. The number of aromatic hydroxyl groups is 1. The normalized spacial score (nSPS) is 31.8. The van der Waals surface area contributed by atoms with E-state index in [-0.39, 0.29) is 29.6 Å². The fourth-order valence-electron chi connectivity index (χ4n) is 5.11. The average Bonchev–Trinajstić information content (AvgIpc) is 2.91. The van der Waals surface area contributed by atoms with Crippen molar-refractivity contribution >= 4 is 22.8 Å². The fraction of sp³-hybridized carbons (Fsp3) is 0.625. The number of nitrogens with zero attached hydrogens (tertiary/aromatic N) is 1. The minimum absolute atomic E-state index is 0.0451. The first kappa shape index (κ1) is 20.0. The molecule has 0 radical (unpaired) electrons. The van der Waals surface area contributed by atoms with Crippen LogP contribution in [0.25, 0.3) is 0 Å². The predicted octanol–water partition coefficient (Wildman–Crippen LogP) is -0.352. The van der Waals surface area contributed by atoms with Crippen LogP contribution in [0.1, 0.15) is 24.0 Å². The highest BCUT2D eigenvalue weighted by molar-refractivity contribution is 7.87. The first-order valence-electron chi connectivity index (χ1n) is 8.98. The van der Waals surface area contributed by atoms with Gasteiger partial charge in [0.2, 0.25) is 0 Å². The van der Waals surface area contributed by atoms with Crippen LogP contribution in [0.2, 0.25) is 0 Å². The number of halogens is 3. The maximum Gasteiger partial charge on any atom is 0.492 e. The molecule has 2 bridgehead atoms. The molecule has 154 valence electrons. The van der Waals surface area contributed by atoms with E-state index in [0.717, 1.165) is 11.1 Å². The van der Waals surface area contributed by atoms with E-state index in [1.54, 1.807) is 0 Å². The molecule has 1 spiro atoms. The molecule has 1 saturated carbocycles. The summed E-state index contributed by atoms with van der Waals surface area (Å²) in [5.74, 6) is -0.706. The van der Waals surface area contributed by atoms with Crippen molar-refractivity contribution in [2.45, 2.75) is 37.4 Å². The molecule has 0 unspecified atom stereocenters. The number of rotatable bonds is 2. The Bertz CT molecular complexity index is 910. The summed E-state index contributed by atoms with van der Waals surface area (Å²) in [4.78, 5) is 0. The zero-order valence-electron chi connectivity index (χ0n) is 14.8. The van der Waals surface area contributed by atoms with Gasteiger partial charge in [-0.3, -0.25) is 0 Å². The number of phenolic OH excluding ortho intramolecular Hbond substituents is 1. The number of phenols is 1. The van der Waals surface area contributed by atoms with Gasteiger partial charge in [-0.25, -0.2) is 0 Å². The van der Waals surface area contributed by atoms with E-state index in [1.165, 1.54) is 12.1 Å². The molecule has 4 rings (SSSR count). The van der Waals surface area contributed by atoms with E-state index in [1.807, 2.05) is 0 Å². The molecular weight excluding hydrogens is 400 g/mol. The quantitative estimate of drug-likeness (QED) is 0.489. The number of benzene rings is 1. The smallest absolute Gasteiger partial charge is 0.492 e. The van der Waals surface area contributed by atoms with E-state index < -0.39 is 35.6 Å². The Kier molecular flexibility index (Phi) is 4.51. The second-order valence-electron chi connectivity index (χ2n) is 7.96. The molecule has 2 aliphatic carbocycles. The minimum atomic E-state index is -4.63. The monoisotopic (exact) mass is 420 g/mol. The second-order valence-corrected chi connectivity index (χ2v) is 9.63. The van der Waals surface area contributed by atoms with Gasteiger partial charge < -0.3 is 15.2 Å². The summed E-state index contributed by atoms with van der Waals surface area (Å²) in [6, 6.07) is 2.93. The number of hydrogen-bond donors (Lipinski definition) is 4. The van der Waals surface area contributed by atoms with Crippen molar-refractivity contribution in [2.75, 3.05) is 13.1 Å². The molecule has 2 fully saturated rings. The fourth-order valence-corrected chi connectivity index (χ4v) is 6.82. The Balaban J connectivity index is 1.70. The van der Waals surface area contributed by atoms with Gasteiger partial charge in [0.05, 0.1) is 5.54 Å². The summed E-state index contributed by atoms with van der Waals surface area (Å²) in [6.45, 7) is -1.78. The molecule has 3 aliphatic rings. The molecule has 1 aromatic carbocycles. The van der Waals surface area contributed by atoms with Crippen molar-refractivity contribution in [1.82, 2.24) is 9.03 Å². The topological polar surface area (TPSA) is 110 Å². The van der Waals surface area contributed by atoms with E-state index >= 15 is 0 Å². The van der Waals surface area contributed by atoms with Crippen LogP contribution in [0, 0.1) is 11.8 Å². The third-order valence-electron chi connectivity index (χ3n) is 6.33. The Morgan fingerprint density at radius 1 is 1.18 bits per heavy atom. The molecule has 3 atom stereocenters. The molecule has 1 aromatic rings. The molecule has 28 heavy (non-hydrogen) atoms.